The predicted octanol–water partition coefficient (Wildman–Crippen LogP) is 1.51. The molecule has 2 fully saturated rings. The second-order valence-corrected chi connectivity index (χ2v) is 7.50. The summed E-state index contributed by atoms with van der Waals surface area (Å²) in [5.74, 6) is 0.308. The summed E-state index contributed by atoms with van der Waals surface area (Å²) in [5, 5.41) is 29.4. The third-order valence-electron chi connectivity index (χ3n) is 5.34. The van der Waals surface area contributed by atoms with E-state index in [-0.39, 0.29) is 17.7 Å². The number of aromatic hydroxyl groups is 1. The van der Waals surface area contributed by atoms with Crippen molar-refractivity contribution >= 4 is 17.5 Å². The molecule has 1 heterocycles. The van der Waals surface area contributed by atoms with Gasteiger partial charge < -0.3 is 26.0 Å². The average molecular weight is 369 g/mol. The van der Waals surface area contributed by atoms with Gasteiger partial charge in [-0.2, -0.15) is 0 Å². The molecule has 1 aliphatic carbocycles. The molecule has 2 unspecified atom stereocenters. The minimum atomic E-state index is -1.36. The number of carbonyl (C=O) groups excluding carboxylic acids is 1. The maximum atomic E-state index is 11.9. The molecule has 1 saturated heterocycles. The molecule has 1 aliphatic heterocycles. The molecule has 0 radical (unpaired) electrons. The van der Waals surface area contributed by atoms with Crippen LogP contribution in [0.4, 0.5) is 0 Å². The van der Waals surface area contributed by atoms with Crippen LogP contribution in [0.3, 0.4) is 0 Å². The topological polar surface area (TPSA) is 107 Å². The lowest BCUT2D eigenvalue weighted by molar-refractivity contribution is -0.143. The summed E-state index contributed by atoms with van der Waals surface area (Å²) in [6.45, 7) is 0.379. The van der Waals surface area contributed by atoms with E-state index in [4.69, 9.17) is 22.4 Å². The van der Waals surface area contributed by atoms with Crippen LogP contribution in [0.5, 0.6) is 5.75 Å². The number of benzene rings is 1. The molecule has 7 heteroatoms. The molecule has 25 heavy (non-hydrogen) atoms. The highest BCUT2D eigenvalue weighted by molar-refractivity contribution is 6.31. The fourth-order valence-corrected chi connectivity index (χ4v) is 3.92. The molecule has 138 valence electrons. The summed E-state index contributed by atoms with van der Waals surface area (Å²) in [6, 6.07) is 3.17. The zero-order chi connectivity index (χ0) is 18.1. The van der Waals surface area contributed by atoms with E-state index in [1.165, 1.54) is 0 Å². The number of rotatable bonds is 5. The number of aliphatic hydroxyl groups is 2. The normalized spacial score (nSPS) is 21.2. The van der Waals surface area contributed by atoms with Crippen molar-refractivity contribution < 1.29 is 20.1 Å². The Hall–Kier alpha value is -1.34. The van der Waals surface area contributed by atoms with E-state index in [9.17, 15) is 15.0 Å². The van der Waals surface area contributed by atoms with Crippen molar-refractivity contribution in [1.29, 1.82) is 0 Å². The standard InChI is InChI=1S/C18H25ClN2O4/c19-14-7-13(15(23)8-12(14)10-1-2-10)17(20)11-3-5-21(6-4-11)18(25)16(24)9-22/h7-8,10-11,16-17,22-24H,1-6,9,20H2. The Kier molecular flexibility index (Phi) is 5.53. The third kappa shape index (κ3) is 3.92. The van der Waals surface area contributed by atoms with Crippen LogP contribution in [-0.4, -0.2) is 51.9 Å². The average Bonchev–Trinajstić information content (AvgIpc) is 3.46. The first-order chi connectivity index (χ1) is 11.9. The van der Waals surface area contributed by atoms with Crippen molar-refractivity contribution in [3.05, 3.63) is 28.3 Å². The van der Waals surface area contributed by atoms with Gasteiger partial charge in [-0.3, -0.25) is 4.79 Å². The molecule has 1 aromatic carbocycles. The van der Waals surface area contributed by atoms with Crippen LogP contribution in [0.15, 0.2) is 12.1 Å². The number of phenols is 1. The molecule has 0 aromatic heterocycles. The van der Waals surface area contributed by atoms with Gasteiger partial charge >= 0.3 is 0 Å². The molecule has 0 bridgehead atoms. The summed E-state index contributed by atoms with van der Waals surface area (Å²) in [7, 11) is 0. The molecule has 2 aliphatic rings. The van der Waals surface area contributed by atoms with Crippen molar-refractivity contribution in [2.75, 3.05) is 19.7 Å². The predicted molar refractivity (Wildman–Crippen MR) is 94.4 cm³/mol. The Morgan fingerprint density at radius 2 is 1.92 bits per heavy atom. The number of piperidine rings is 1. The minimum absolute atomic E-state index is 0.115. The molecule has 2 atom stereocenters. The van der Waals surface area contributed by atoms with Gasteiger partial charge in [-0.25, -0.2) is 0 Å². The number of amides is 1. The largest absolute Gasteiger partial charge is 0.508 e. The first-order valence-electron chi connectivity index (χ1n) is 8.78. The van der Waals surface area contributed by atoms with Gasteiger partial charge in [0.1, 0.15) is 5.75 Å². The Labute approximate surface area is 152 Å². The molecule has 1 aromatic rings. The van der Waals surface area contributed by atoms with Crippen molar-refractivity contribution in [1.82, 2.24) is 4.90 Å². The van der Waals surface area contributed by atoms with Crippen LogP contribution in [0, 0.1) is 5.92 Å². The molecule has 0 spiro atoms. The van der Waals surface area contributed by atoms with Gasteiger partial charge in [0, 0.05) is 29.7 Å². The first-order valence-corrected chi connectivity index (χ1v) is 9.15. The summed E-state index contributed by atoms with van der Waals surface area (Å²) in [6.07, 6.45) is 2.20. The molecule has 1 saturated carbocycles. The van der Waals surface area contributed by atoms with Crippen LogP contribution < -0.4 is 5.73 Å². The van der Waals surface area contributed by atoms with Gasteiger partial charge in [0.15, 0.2) is 6.10 Å². The summed E-state index contributed by atoms with van der Waals surface area (Å²) in [5.41, 5.74) is 8.02. The van der Waals surface area contributed by atoms with E-state index in [0.717, 1.165) is 18.4 Å². The smallest absolute Gasteiger partial charge is 0.253 e. The zero-order valence-corrected chi connectivity index (χ0v) is 14.8. The van der Waals surface area contributed by atoms with E-state index in [1.54, 1.807) is 17.0 Å². The number of nitrogens with two attached hydrogens (primary N) is 1. The van der Waals surface area contributed by atoms with Crippen molar-refractivity contribution in [3.8, 4) is 5.75 Å². The maximum absolute atomic E-state index is 11.9. The monoisotopic (exact) mass is 368 g/mol. The molecule has 1 amide bonds. The fourth-order valence-electron chi connectivity index (χ4n) is 3.59. The molecular formula is C18H25ClN2O4. The van der Waals surface area contributed by atoms with Gasteiger partial charge in [0.25, 0.3) is 5.91 Å². The van der Waals surface area contributed by atoms with Crippen LogP contribution in [0.2, 0.25) is 5.02 Å². The van der Waals surface area contributed by atoms with E-state index in [0.29, 0.717) is 42.4 Å². The van der Waals surface area contributed by atoms with Crippen molar-refractivity contribution in [2.24, 2.45) is 11.7 Å². The lowest BCUT2D eigenvalue weighted by Gasteiger charge is -2.35. The Morgan fingerprint density at radius 1 is 1.28 bits per heavy atom. The number of likely N-dealkylation sites (tertiary alicyclic amines) is 1. The van der Waals surface area contributed by atoms with Crippen LogP contribution in [0.1, 0.15) is 48.8 Å². The SMILES string of the molecule is NC(c1cc(Cl)c(C2CC2)cc1O)C1CCN(C(=O)C(O)CO)CC1. The molecule has 3 rings (SSSR count). The number of nitrogens with zero attached hydrogens (tertiary/aromatic N) is 1. The third-order valence-corrected chi connectivity index (χ3v) is 5.67. The number of phenolic OH excluding ortho intramolecular Hbond substituents is 1. The highest BCUT2D eigenvalue weighted by Gasteiger charge is 2.32. The van der Waals surface area contributed by atoms with Crippen molar-refractivity contribution in [3.63, 3.8) is 0 Å². The molecule has 6 nitrogen and oxygen atoms in total. The number of carbonyl (C=O) groups is 1. The van der Waals surface area contributed by atoms with E-state index in [1.807, 2.05) is 0 Å². The Morgan fingerprint density at radius 3 is 2.48 bits per heavy atom. The maximum Gasteiger partial charge on any atom is 0.253 e. The Bertz CT molecular complexity index is 642. The number of hydrogen-bond donors (Lipinski definition) is 4. The van der Waals surface area contributed by atoms with Gasteiger partial charge in [-0.1, -0.05) is 11.6 Å². The number of hydrogen-bond acceptors (Lipinski definition) is 5. The van der Waals surface area contributed by atoms with Gasteiger partial charge in [0.05, 0.1) is 6.61 Å². The quantitative estimate of drug-likeness (QED) is 0.630. The van der Waals surface area contributed by atoms with E-state index >= 15 is 0 Å². The lowest BCUT2D eigenvalue weighted by atomic mass is 9.85. The van der Waals surface area contributed by atoms with Gasteiger partial charge in [-0.15, -0.1) is 0 Å². The Balaban J connectivity index is 1.65. The lowest BCUT2D eigenvalue weighted by Crippen LogP contribution is -2.46. The van der Waals surface area contributed by atoms with Crippen LogP contribution in [0.25, 0.3) is 0 Å². The summed E-state index contributed by atoms with van der Waals surface area (Å²) < 4.78 is 0. The second-order valence-electron chi connectivity index (χ2n) is 7.09. The summed E-state index contributed by atoms with van der Waals surface area (Å²) >= 11 is 6.36. The first kappa shape index (κ1) is 18.5. The highest BCUT2D eigenvalue weighted by atomic mass is 35.5. The second kappa shape index (κ2) is 7.50. The van der Waals surface area contributed by atoms with E-state index < -0.39 is 18.6 Å². The molecule has 5 N–H and O–H groups in total. The van der Waals surface area contributed by atoms with Gasteiger partial charge in [0.2, 0.25) is 0 Å². The van der Waals surface area contributed by atoms with Gasteiger partial charge in [-0.05, 0) is 55.2 Å². The zero-order valence-electron chi connectivity index (χ0n) is 14.1. The van der Waals surface area contributed by atoms with Crippen LogP contribution >= 0.6 is 11.6 Å². The number of halogens is 1. The summed E-state index contributed by atoms with van der Waals surface area (Å²) in [4.78, 5) is 13.5. The highest BCUT2D eigenvalue weighted by Crippen LogP contribution is 2.46. The van der Waals surface area contributed by atoms with Crippen molar-refractivity contribution in [2.45, 2.75) is 43.7 Å². The minimum Gasteiger partial charge on any atom is -0.508 e. The van der Waals surface area contributed by atoms with E-state index in [2.05, 4.69) is 0 Å². The van der Waals surface area contributed by atoms with Crippen LogP contribution in [-0.2, 0) is 4.79 Å². The number of aliphatic hydroxyl groups excluding tert-OH is 2. The molecular weight excluding hydrogens is 344 g/mol. The fraction of sp³-hybridized carbons (Fsp3) is 0.611.